The zero-order chi connectivity index (χ0) is 24.8. The van der Waals surface area contributed by atoms with E-state index >= 15 is 0 Å². The van der Waals surface area contributed by atoms with E-state index in [1.54, 1.807) is 7.11 Å². The number of ether oxygens (including phenoxy) is 3. The van der Waals surface area contributed by atoms with Crippen molar-refractivity contribution in [1.82, 2.24) is 9.55 Å². The van der Waals surface area contributed by atoms with Gasteiger partial charge in [0.15, 0.2) is 11.5 Å². The highest BCUT2D eigenvalue weighted by molar-refractivity contribution is 5.96. The Morgan fingerprint density at radius 3 is 2.46 bits per heavy atom. The molecule has 0 saturated heterocycles. The minimum absolute atomic E-state index is 0.259. The summed E-state index contributed by atoms with van der Waals surface area (Å²) in [5, 5.41) is 3.52. The number of benzene rings is 4. The van der Waals surface area contributed by atoms with Crippen LogP contribution in [0.5, 0.6) is 17.2 Å². The van der Waals surface area contributed by atoms with Crippen LogP contribution in [-0.4, -0.2) is 23.5 Å². The second-order valence-electron chi connectivity index (χ2n) is 9.22. The van der Waals surface area contributed by atoms with Gasteiger partial charge >= 0.3 is 0 Å². The van der Waals surface area contributed by atoms with E-state index in [-0.39, 0.29) is 6.79 Å². The molecule has 4 aromatic carbocycles. The van der Waals surface area contributed by atoms with Crippen molar-refractivity contribution in [1.29, 1.82) is 0 Å². The third kappa shape index (κ3) is 3.85. The molecular formula is C32H24N2O3. The summed E-state index contributed by atoms with van der Waals surface area (Å²) >= 11 is 0. The van der Waals surface area contributed by atoms with Crippen LogP contribution in [0.4, 0.5) is 0 Å². The minimum Gasteiger partial charge on any atom is -0.497 e. The first-order valence-electron chi connectivity index (χ1n) is 12.3. The molecule has 6 aromatic rings. The van der Waals surface area contributed by atoms with E-state index in [4.69, 9.17) is 19.2 Å². The van der Waals surface area contributed by atoms with Gasteiger partial charge in [0.2, 0.25) is 6.79 Å². The Labute approximate surface area is 214 Å². The van der Waals surface area contributed by atoms with E-state index in [0.29, 0.717) is 6.54 Å². The molecule has 0 radical (unpaired) electrons. The van der Waals surface area contributed by atoms with Crippen LogP contribution in [0.15, 0.2) is 103 Å². The van der Waals surface area contributed by atoms with Gasteiger partial charge in [0.1, 0.15) is 11.4 Å². The number of nitrogens with zero attached hydrogens (tertiary/aromatic N) is 2. The third-order valence-corrected chi connectivity index (χ3v) is 6.96. The summed E-state index contributed by atoms with van der Waals surface area (Å²) < 4.78 is 18.7. The van der Waals surface area contributed by atoms with Crippen LogP contribution in [0.3, 0.4) is 0 Å². The summed E-state index contributed by atoms with van der Waals surface area (Å²) in [5.41, 5.74) is 6.34. The number of hydrogen-bond donors (Lipinski definition) is 0. The Balaban J connectivity index is 1.37. The van der Waals surface area contributed by atoms with Crippen molar-refractivity contribution in [3.63, 3.8) is 0 Å². The van der Waals surface area contributed by atoms with Crippen molar-refractivity contribution in [2.45, 2.75) is 6.54 Å². The van der Waals surface area contributed by atoms with Gasteiger partial charge in [0, 0.05) is 29.3 Å². The van der Waals surface area contributed by atoms with E-state index in [0.717, 1.165) is 50.7 Å². The summed E-state index contributed by atoms with van der Waals surface area (Å²) in [6.07, 6.45) is 2.18. The highest BCUT2D eigenvalue weighted by atomic mass is 16.7. The van der Waals surface area contributed by atoms with Crippen molar-refractivity contribution >= 4 is 21.8 Å². The normalized spacial score (nSPS) is 12.4. The summed E-state index contributed by atoms with van der Waals surface area (Å²) in [6.45, 7) is 0.952. The molecule has 0 saturated carbocycles. The van der Waals surface area contributed by atoms with Gasteiger partial charge in [-0.3, -0.25) is 0 Å². The predicted molar refractivity (Wildman–Crippen MR) is 146 cm³/mol. The summed E-state index contributed by atoms with van der Waals surface area (Å²) in [7, 11) is 1.68. The van der Waals surface area contributed by atoms with Crippen molar-refractivity contribution in [2.24, 2.45) is 0 Å². The third-order valence-electron chi connectivity index (χ3n) is 6.96. The van der Waals surface area contributed by atoms with Gasteiger partial charge in [-0.25, -0.2) is 4.98 Å². The molecule has 0 fully saturated rings. The zero-order valence-corrected chi connectivity index (χ0v) is 20.3. The maximum absolute atomic E-state index is 5.65. The zero-order valence-electron chi connectivity index (χ0n) is 20.3. The lowest BCUT2D eigenvalue weighted by Crippen LogP contribution is -2.00. The minimum atomic E-state index is 0.259. The number of aromatic nitrogens is 2. The maximum atomic E-state index is 5.65. The highest BCUT2D eigenvalue weighted by Gasteiger charge is 2.18. The molecule has 2 aromatic heterocycles. The standard InChI is InChI=1S/C32H24N2O3/c1-35-26-11-6-21(7-12-26)18-34-19-28(24-10-15-30-31(17-24)37-20-36-30)27-13-14-29(33-32(27)34)25-9-8-22-4-2-3-5-23(22)16-25/h2-17,19H,18,20H2,1H3. The van der Waals surface area contributed by atoms with Crippen molar-refractivity contribution < 1.29 is 14.2 Å². The Kier molecular flexibility index (Phi) is 5.07. The molecule has 7 rings (SSSR count). The molecule has 5 nitrogen and oxygen atoms in total. The molecule has 0 N–H and O–H groups in total. The van der Waals surface area contributed by atoms with Crippen LogP contribution in [-0.2, 0) is 6.54 Å². The summed E-state index contributed by atoms with van der Waals surface area (Å²) in [5.74, 6) is 2.40. The first kappa shape index (κ1) is 21.5. The molecule has 180 valence electrons. The van der Waals surface area contributed by atoms with E-state index in [2.05, 4.69) is 83.6 Å². The molecule has 37 heavy (non-hydrogen) atoms. The molecule has 5 heteroatoms. The molecule has 3 heterocycles. The first-order chi connectivity index (χ1) is 18.2. The molecule has 0 atom stereocenters. The van der Waals surface area contributed by atoms with Gasteiger partial charge < -0.3 is 18.8 Å². The molecule has 0 spiro atoms. The number of fused-ring (bicyclic) bond motifs is 3. The van der Waals surface area contributed by atoms with Crippen LogP contribution in [0.25, 0.3) is 44.2 Å². The van der Waals surface area contributed by atoms with Crippen molar-refractivity contribution in [2.75, 3.05) is 13.9 Å². The van der Waals surface area contributed by atoms with Crippen LogP contribution in [0.1, 0.15) is 5.56 Å². The lowest BCUT2D eigenvalue weighted by atomic mass is 10.0. The van der Waals surface area contributed by atoms with Gasteiger partial charge in [-0.2, -0.15) is 0 Å². The monoisotopic (exact) mass is 484 g/mol. The number of hydrogen-bond acceptors (Lipinski definition) is 4. The average molecular weight is 485 g/mol. The summed E-state index contributed by atoms with van der Waals surface area (Å²) in [4.78, 5) is 5.18. The fraction of sp³-hybridized carbons (Fsp3) is 0.0938. The number of rotatable bonds is 5. The largest absolute Gasteiger partial charge is 0.497 e. The molecular weight excluding hydrogens is 460 g/mol. The molecule has 1 aliphatic rings. The van der Waals surface area contributed by atoms with Crippen LogP contribution < -0.4 is 14.2 Å². The maximum Gasteiger partial charge on any atom is 0.231 e. The molecule has 1 aliphatic heterocycles. The van der Waals surface area contributed by atoms with Gasteiger partial charge in [0.05, 0.1) is 12.8 Å². The average Bonchev–Trinajstić information content (AvgIpc) is 3.57. The number of pyridine rings is 1. The first-order valence-corrected chi connectivity index (χ1v) is 12.3. The smallest absolute Gasteiger partial charge is 0.231 e. The second kappa shape index (κ2) is 8.71. The topological polar surface area (TPSA) is 45.5 Å². The van der Waals surface area contributed by atoms with Gasteiger partial charge in [-0.15, -0.1) is 0 Å². The quantitative estimate of drug-likeness (QED) is 0.257. The van der Waals surface area contributed by atoms with Gasteiger partial charge in [-0.05, 0) is 64.4 Å². The van der Waals surface area contributed by atoms with Crippen LogP contribution in [0, 0.1) is 0 Å². The second-order valence-corrected chi connectivity index (χ2v) is 9.22. The van der Waals surface area contributed by atoms with Crippen molar-refractivity contribution in [3.05, 3.63) is 109 Å². The van der Waals surface area contributed by atoms with E-state index in [1.807, 2.05) is 24.3 Å². The lowest BCUT2D eigenvalue weighted by molar-refractivity contribution is 0.174. The highest BCUT2D eigenvalue weighted by Crippen LogP contribution is 2.39. The molecule has 0 unspecified atom stereocenters. The Morgan fingerprint density at radius 2 is 1.59 bits per heavy atom. The van der Waals surface area contributed by atoms with Gasteiger partial charge in [0.25, 0.3) is 0 Å². The van der Waals surface area contributed by atoms with Gasteiger partial charge in [-0.1, -0.05) is 54.6 Å². The Hall–Kier alpha value is -4.77. The Morgan fingerprint density at radius 1 is 0.784 bits per heavy atom. The van der Waals surface area contributed by atoms with E-state index < -0.39 is 0 Å². The van der Waals surface area contributed by atoms with Crippen LogP contribution >= 0.6 is 0 Å². The van der Waals surface area contributed by atoms with Crippen LogP contribution in [0.2, 0.25) is 0 Å². The fourth-order valence-electron chi connectivity index (χ4n) is 5.02. The number of methoxy groups -OCH3 is 1. The lowest BCUT2D eigenvalue weighted by Gasteiger charge is -2.08. The molecule has 0 bridgehead atoms. The predicted octanol–water partition coefficient (Wildman–Crippen LogP) is 7.31. The fourth-order valence-corrected chi connectivity index (χ4v) is 5.02. The Bertz CT molecular complexity index is 1770. The SMILES string of the molecule is COc1ccc(Cn2cc(-c3ccc4c(c3)OCO4)c3ccc(-c4ccc5ccccc5c4)nc32)cc1. The van der Waals surface area contributed by atoms with E-state index in [9.17, 15) is 0 Å². The van der Waals surface area contributed by atoms with E-state index in [1.165, 1.54) is 16.3 Å². The summed E-state index contributed by atoms with van der Waals surface area (Å²) in [6, 6.07) is 33.5. The van der Waals surface area contributed by atoms with Crippen molar-refractivity contribution in [3.8, 4) is 39.6 Å². The molecule has 0 amide bonds. The molecule has 0 aliphatic carbocycles.